The van der Waals surface area contributed by atoms with Crippen LogP contribution >= 0.6 is 0 Å². The fourth-order valence-corrected chi connectivity index (χ4v) is 3.82. The van der Waals surface area contributed by atoms with Crippen molar-refractivity contribution in [3.05, 3.63) is 53.1 Å². The number of hydrogen-bond donors (Lipinski definition) is 5. The first-order valence-electron chi connectivity index (χ1n) is 11.4. The van der Waals surface area contributed by atoms with Gasteiger partial charge >= 0.3 is 0 Å². The van der Waals surface area contributed by atoms with E-state index in [0.717, 1.165) is 17.8 Å². The Morgan fingerprint density at radius 2 is 1.56 bits per heavy atom. The number of phenolic OH excluding ortho intramolecular Hbond substituents is 1. The predicted molar refractivity (Wildman–Crippen MR) is 135 cm³/mol. The van der Waals surface area contributed by atoms with Gasteiger partial charge < -0.3 is 32.4 Å². The lowest BCUT2D eigenvalue weighted by Gasteiger charge is -2.26. The standard InChI is InChI=1S/C23H33N3O2.2CH5N/c1-16(2)19-13-20(21(27)14-22(19)28-3)23(24)25-18-9-7-17(8-10-18)15-26-11-5-4-6-12-26;2*1-2/h7-10,13-14,16,23,25,27H,4-6,11-12,15,24H2,1-3H3;2*2H2,1H3. The number of hydrogen-bond acceptors (Lipinski definition) is 7. The molecule has 32 heavy (non-hydrogen) atoms. The van der Waals surface area contributed by atoms with Gasteiger partial charge in [-0.1, -0.05) is 32.4 Å². The van der Waals surface area contributed by atoms with Gasteiger partial charge in [0.05, 0.1) is 7.11 Å². The monoisotopic (exact) mass is 445 g/mol. The average molecular weight is 446 g/mol. The van der Waals surface area contributed by atoms with Crippen LogP contribution in [0.1, 0.15) is 61.9 Å². The van der Waals surface area contributed by atoms with Crippen LogP contribution in [0.4, 0.5) is 5.69 Å². The maximum absolute atomic E-state index is 10.4. The minimum absolute atomic E-state index is 0.142. The number of anilines is 1. The summed E-state index contributed by atoms with van der Waals surface area (Å²) in [4.78, 5) is 2.51. The number of nitrogens with zero attached hydrogens (tertiary/aromatic N) is 1. The van der Waals surface area contributed by atoms with Gasteiger partial charge in [0.15, 0.2) is 0 Å². The largest absolute Gasteiger partial charge is 0.507 e. The second kappa shape index (κ2) is 14.7. The van der Waals surface area contributed by atoms with Gasteiger partial charge in [-0.25, -0.2) is 0 Å². The van der Waals surface area contributed by atoms with Crippen molar-refractivity contribution in [2.45, 2.75) is 51.7 Å². The summed E-state index contributed by atoms with van der Waals surface area (Å²) in [6.45, 7) is 7.58. The predicted octanol–water partition coefficient (Wildman–Crippen LogP) is 3.73. The zero-order valence-electron chi connectivity index (χ0n) is 20.4. The quantitative estimate of drug-likeness (QED) is 0.412. The van der Waals surface area contributed by atoms with Gasteiger partial charge in [0.25, 0.3) is 0 Å². The van der Waals surface area contributed by atoms with Crippen molar-refractivity contribution in [3.63, 3.8) is 0 Å². The van der Waals surface area contributed by atoms with Crippen molar-refractivity contribution in [2.75, 3.05) is 39.6 Å². The smallest absolute Gasteiger partial charge is 0.126 e. The normalized spacial score (nSPS) is 14.5. The highest BCUT2D eigenvalue weighted by Gasteiger charge is 2.17. The van der Waals surface area contributed by atoms with Crippen molar-refractivity contribution < 1.29 is 9.84 Å². The van der Waals surface area contributed by atoms with Crippen LogP contribution in [-0.4, -0.2) is 44.3 Å². The molecule has 1 saturated heterocycles. The SMILES string of the molecule is CN.CN.COc1cc(O)c(C(N)Nc2ccc(CN3CCCCC3)cc2)cc1C(C)C. The molecule has 0 radical (unpaired) electrons. The fraction of sp³-hybridized carbons (Fsp3) is 0.520. The summed E-state index contributed by atoms with van der Waals surface area (Å²) in [5.41, 5.74) is 19.3. The first-order chi connectivity index (χ1) is 15.5. The third-order valence-electron chi connectivity index (χ3n) is 5.47. The number of ether oxygens (including phenoxy) is 1. The molecule has 0 bridgehead atoms. The molecule has 1 heterocycles. The Kier molecular flexibility index (Phi) is 12.7. The number of piperidine rings is 1. The summed E-state index contributed by atoms with van der Waals surface area (Å²) in [6, 6.07) is 12.0. The van der Waals surface area contributed by atoms with Crippen LogP contribution < -0.4 is 27.3 Å². The molecule has 1 aliphatic heterocycles. The molecule has 0 aliphatic carbocycles. The Hall–Kier alpha value is -2.32. The highest BCUT2D eigenvalue weighted by Crippen LogP contribution is 2.35. The molecule has 0 aromatic heterocycles. The molecule has 7 nitrogen and oxygen atoms in total. The molecular weight excluding hydrogens is 402 g/mol. The van der Waals surface area contributed by atoms with Crippen LogP contribution in [-0.2, 0) is 6.54 Å². The van der Waals surface area contributed by atoms with Gasteiger partial charge in [0, 0.05) is 23.9 Å². The van der Waals surface area contributed by atoms with Gasteiger partial charge in [-0.2, -0.15) is 0 Å². The first-order valence-corrected chi connectivity index (χ1v) is 11.4. The molecule has 0 amide bonds. The number of nitrogens with two attached hydrogens (primary N) is 3. The minimum atomic E-state index is -0.503. The van der Waals surface area contributed by atoms with Crippen molar-refractivity contribution in [2.24, 2.45) is 17.2 Å². The van der Waals surface area contributed by atoms with Gasteiger partial charge in [-0.15, -0.1) is 0 Å². The molecule has 0 saturated carbocycles. The van der Waals surface area contributed by atoms with E-state index in [1.165, 1.54) is 52.0 Å². The number of rotatable bonds is 7. The molecule has 1 atom stereocenters. The summed E-state index contributed by atoms with van der Waals surface area (Å²) in [5, 5.41) is 13.7. The second-order valence-electron chi connectivity index (χ2n) is 7.96. The number of likely N-dealkylation sites (tertiary alicyclic amines) is 1. The van der Waals surface area contributed by atoms with E-state index >= 15 is 0 Å². The van der Waals surface area contributed by atoms with Crippen LogP contribution in [0.2, 0.25) is 0 Å². The fourth-order valence-electron chi connectivity index (χ4n) is 3.82. The van der Waals surface area contributed by atoms with Crippen molar-refractivity contribution in [1.82, 2.24) is 4.90 Å². The Labute approximate surface area is 193 Å². The number of aromatic hydroxyl groups is 1. The van der Waals surface area contributed by atoms with Crippen molar-refractivity contribution in [1.29, 1.82) is 0 Å². The number of benzene rings is 2. The molecule has 3 rings (SSSR count). The van der Waals surface area contributed by atoms with Crippen LogP contribution in [0.3, 0.4) is 0 Å². The lowest BCUT2D eigenvalue weighted by Crippen LogP contribution is -2.29. The van der Waals surface area contributed by atoms with E-state index in [1.54, 1.807) is 13.2 Å². The Morgan fingerprint density at radius 1 is 0.969 bits per heavy atom. The lowest BCUT2D eigenvalue weighted by atomic mass is 9.97. The number of nitrogens with one attached hydrogen (secondary N) is 1. The maximum atomic E-state index is 10.4. The van der Waals surface area contributed by atoms with Crippen LogP contribution in [0.15, 0.2) is 36.4 Å². The molecule has 7 heteroatoms. The summed E-state index contributed by atoms with van der Waals surface area (Å²) >= 11 is 0. The second-order valence-corrected chi connectivity index (χ2v) is 7.96. The Balaban J connectivity index is 0.00000121. The van der Waals surface area contributed by atoms with Crippen LogP contribution in [0.5, 0.6) is 11.5 Å². The molecule has 180 valence electrons. The molecule has 1 aliphatic rings. The minimum Gasteiger partial charge on any atom is -0.507 e. The van der Waals surface area contributed by atoms with Gasteiger partial charge in [0.2, 0.25) is 0 Å². The molecule has 1 unspecified atom stereocenters. The van der Waals surface area contributed by atoms with E-state index in [1.807, 2.05) is 6.07 Å². The highest BCUT2D eigenvalue weighted by molar-refractivity contribution is 5.52. The van der Waals surface area contributed by atoms with Gasteiger partial charge in [-0.05, 0) is 75.3 Å². The van der Waals surface area contributed by atoms with Crippen molar-refractivity contribution >= 4 is 5.69 Å². The summed E-state index contributed by atoms with van der Waals surface area (Å²) < 4.78 is 5.39. The van der Waals surface area contributed by atoms with Gasteiger partial charge in [-0.3, -0.25) is 4.90 Å². The van der Waals surface area contributed by atoms with Crippen molar-refractivity contribution in [3.8, 4) is 11.5 Å². The van der Waals surface area contributed by atoms with Crippen LogP contribution in [0.25, 0.3) is 0 Å². The van der Waals surface area contributed by atoms with E-state index < -0.39 is 6.17 Å². The van der Waals surface area contributed by atoms with Crippen LogP contribution in [0, 0.1) is 0 Å². The Morgan fingerprint density at radius 3 is 2.09 bits per heavy atom. The molecule has 1 fully saturated rings. The molecule has 2 aromatic rings. The van der Waals surface area contributed by atoms with E-state index in [-0.39, 0.29) is 11.7 Å². The lowest BCUT2D eigenvalue weighted by molar-refractivity contribution is 0.221. The third kappa shape index (κ3) is 7.98. The van der Waals surface area contributed by atoms with E-state index in [2.05, 4.69) is 59.8 Å². The molecule has 8 N–H and O–H groups in total. The third-order valence-corrected chi connectivity index (χ3v) is 5.47. The van der Waals surface area contributed by atoms with E-state index in [4.69, 9.17) is 10.5 Å². The molecular formula is C25H43N5O2. The maximum Gasteiger partial charge on any atom is 0.126 e. The summed E-state index contributed by atoms with van der Waals surface area (Å²) in [7, 11) is 4.62. The van der Waals surface area contributed by atoms with E-state index in [0.29, 0.717) is 11.3 Å². The number of methoxy groups -OCH3 is 1. The first kappa shape index (κ1) is 27.7. The molecule has 0 spiro atoms. The summed E-state index contributed by atoms with van der Waals surface area (Å²) in [6.07, 6.45) is 3.46. The summed E-state index contributed by atoms with van der Waals surface area (Å²) in [5.74, 6) is 1.10. The van der Waals surface area contributed by atoms with E-state index in [9.17, 15) is 5.11 Å². The molecule has 2 aromatic carbocycles. The van der Waals surface area contributed by atoms with Gasteiger partial charge in [0.1, 0.15) is 17.7 Å². The highest BCUT2D eigenvalue weighted by atomic mass is 16.5. The zero-order valence-corrected chi connectivity index (χ0v) is 20.4. The number of phenols is 1. The average Bonchev–Trinajstić information content (AvgIpc) is 2.83. The topological polar surface area (TPSA) is 123 Å². The zero-order chi connectivity index (χ0) is 24.1. The Bertz CT molecular complexity index is 775.